The van der Waals surface area contributed by atoms with Gasteiger partial charge in [-0.15, -0.1) is 6.58 Å². The third kappa shape index (κ3) is 5.71. The topological polar surface area (TPSA) is 88.7 Å². The second kappa shape index (κ2) is 12.8. The number of hydrogen-bond acceptors (Lipinski definition) is 6. The maximum Gasteiger partial charge on any atom is 0.387 e. The summed E-state index contributed by atoms with van der Waals surface area (Å²) in [6.45, 7) is 9.28. The van der Waals surface area contributed by atoms with Crippen molar-refractivity contribution in [2.75, 3.05) is 20.3 Å². The van der Waals surface area contributed by atoms with Gasteiger partial charge in [0.25, 0.3) is 5.91 Å². The molecule has 2 atom stereocenters. The normalized spacial score (nSPS) is 20.9. The van der Waals surface area contributed by atoms with E-state index in [1.54, 1.807) is 40.9 Å². The minimum absolute atomic E-state index is 0.00536. The average Bonchev–Trinajstić information content (AvgIpc) is 3.54. The van der Waals surface area contributed by atoms with E-state index in [9.17, 15) is 18.7 Å². The summed E-state index contributed by atoms with van der Waals surface area (Å²) in [5, 5.41) is 15.8. The lowest BCUT2D eigenvalue weighted by atomic mass is 9.88. The van der Waals surface area contributed by atoms with Crippen molar-refractivity contribution in [2.24, 2.45) is 4.99 Å². The van der Waals surface area contributed by atoms with Crippen LogP contribution in [0.25, 0.3) is 11.1 Å². The van der Waals surface area contributed by atoms with Crippen molar-refractivity contribution in [3.63, 3.8) is 0 Å². The van der Waals surface area contributed by atoms with E-state index in [1.165, 1.54) is 6.07 Å². The zero-order chi connectivity index (χ0) is 31.6. The molecule has 3 aliphatic rings. The van der Waals surface area contributed by atoms with Gasteiger partial charge in [0.1, 0.15) is 11.4 Å². The van der Waals surface area contributed by atoms with Crippen LogP contribution < -0.4 is 4.74 Å². The highest BCUT2D eigenvalue weighted by atomic mass is 19.3. The average molecular weight is 605 g/mol. The van der Waals surface area contributed by atoms with Crippen LogP contribution in [0.15, 0.2) is 73.0 Å². The zero-order valence-electron chi connectivity index (χ0n) is 25.3. The summed E-state index contributed by atoms with van der Waals surface area (Å²) in [6, 6.07) is 8.28. The number of aromatic nitrogens is 2. The minimum Gasteiger partial charge on any atom is -0.434 e. The van der Waals surface area contributed by atoms with Crippen molar-refractivity contribution in [3.8, 4) is 5.75 Å². The molecule has 4 heterocycles. The summed E-state index contributed by atoms with van der Waals surface area (Å²) >= 11 is 0. The van der Waals surface area contributed by atoms with Crippen molar-refractivity contribution in [1.82, 2.24) is 14.5 Å². The molecule has 8 nitrogen and oxygen atoms in total. The number of carbonyl (C=O) groups excluding carboxylic acids is 1. The van der Waals surface area contributed by atoms with Gasteiger partial charge in [-0.1, -0.05) is 31.7 Å². The Kier molecular flexibility index (Phi) is 9.12. The highest BCUT2D eigenvalue weighted by Crippen LogP contribution is 2.53. The quantitative estimate of drug-likeness (QED) is 0.184. The van der Waals surface area contributed by atoms with Gasteiger partial charge in [0, 0.05) is 73.8 Å². The number of allylic oxidation sites excluding steroid dienone is 3. The van der Waals surface area contributed by atoms with Crippen LogP contribution in [0.5, 0.6) is 5.75 Å². The molecule has 232 valence electrons. The third-order valence-electron chi connectivity index (χ3n) is 8.71. The van der Waals surface area contributed by atoms with Crippen LogP contribution in [0.3, 0.4) is 0 Å². The van der Waals surface area contributed by atoms with Gasteiger partial charge < -0.3 is 19.5 Å². The van der Waals surface area contributed by atoms with Crippen LogP contribution in [0, 0.1) is 0 Å². The molecule has 2 aliphatic heterocycles. The predicted octanol–water partition coefficient (Wildman–Crippen LogP) is 6.71. The molecule has 2 aromatic heterocycles. The van der Waals surface area contributed by atoms with E-state index in [4.69, 9.17) is 14.6 Å². The number of aliphatic hydroxyl groups is 1. The van der Waals surface area contributed by atoms with Gasteiger partial charge in [0.15, 0.2) is 0 Å². The van der Waals surface area contributed by atoms with Gasteiger partial charge in [-0.25, -0.2) is 4.52 Å². The fourth-order valence-electron chi connectivity index (χ4n) is 6.14. The Labute approximate surface area is 256 Å². The first-order valence-corrected chi connectivity index (χ1v) is 14.8. The molecule has 1 fully saturated rings. The fraction of sp³-hybridized carbons (Fsp3) is 0.382. The molecule has 1 amide bonds. The summed E-state index contributed by atoms with van der Waals surface area (Å²) in [5.41, 5.74) is 4.46. The molecule has 0 radical (unpaired) electrons. The standard InChI is InChI=1S/C30H30F2N4O4.C4H8/c1-4-18(16-33-17(2)30(38)9-12-39-13-10-30)19-8-11-36-22(14-19)26-21-15-23(27(26)34-36)35(3)28(37)20-6-5-7-24(25(20)21)40-29(31)32;1-3-4-2/h4-8,11,14,16,21,23,29,38H,1,9-10,12-13,15H2,2-3H3;3H,1,4H2,2H3/b18-16+,33-17?;. The van der Waals surface area contributed by atoms with Gasteiger partial charge >= 0.3 is 6.61 Å². The van der Waals surface area contributed by atoms with Gasteiger partial charge in [0.05, 0.1) is 17.3 Å². The van der Waals surface area contributed by atoms with E-state index < -0.39 is 12.2 Å². The largest absolute Gasteiger partial charge is 0.434 e. The van der Waals surface area contributed by atoms with Crippen molar-refractivity contribution in [3.05, 3.63) is 96.0 Å². The fourth-order valence-corrected chi connectivity index (χ4v) is 6.14. The number of aliphatic imine (C=N–C) groups is 1. The van der Waals surface area contributed by atoms with E-state index in [0.717, 1.165) is 34.3 Å². The van der Waals surface area contributed by atoms with Crippen molar-refractivity contribution in [1.29, 1.82) is 0 Å². The molecule has 0 spiro atoms. The lowest BCUT2D eigenvalue weighted by Gasteiger charge is -2.31. The van der Waals surface area contributed by atoms with Crippen LogP contribution >= 0.6 is 0 Å². The van der Waals surface area contributed by atoms with Crippen LogP contribution in [0.1, 0.15) is 84.2 Å². The molecule has 2 unspecified atom stereocenters. The SMILES string of the molecule is C=C/C(=C\N=C(C)C1(O)CCOCC1)c1ccn2nc3c(c2c1)C1CC3N(C)C(=O)c2cccc(OC(F)F)c21.C=CCC. The Balaban J connectivity index is 0.000000906. The van der Waals surface area contributed by atoms with E-state index in [2.05, 4.69) is 25.1 Å². The Morgan fingerprint density at radius 2 is 2.00 bits per heavy atom. The van der Waals surface area contributed by atoms with E-state index >= 15 is 0 Å². The number of carbonyl (C=O) groups is 1. The Hall–Kier alpha value is -4.15. The first-order chi connectivity index (χ1) is 21.1. The number of ether oxygens (including phenoxy) is 2. The molecule has 6 rings (SSSR count). The molecule has 0 saturated carbocycles. The van der Waals surface area contributed by atoms with Crippen molar-refractivity contribution >= 4 is 22.7 Å². The van der Waals surface area contributed by atoms with Crippen LogP contribution in [0.2, 0.25) is 0 Å². The number of rotatable bonds is 7. The molecule has 1 aromatic carbocycles. The maximum atomic E-state index is 13.4. The van der Waals surface area contributed by atoms with Gasteiger partial charge in [-0.05, 0) is 55.2 Å². The number of pyridine rings is 1. The Morgan fingerprint density at radius 3 is 2.66 bits per heavy atom. The van der Waals surface area contributed by atoms with Crippen molar-refractivity contribution < 1.29 is 28.2 Å². The predicted molar refractivity (Wildman–Crippen MR) is 166 cm³/mol. The highest BCUT2D eigenvalue weighted by Gasteiger charge is 2.46. The number of benzene rings is 1. The van der Waals surface area contributed by atoms with E-state index in [0.29, 0.717) is 49.3 Å². The molecule has 1 saturated heterocycles. The molecule has 2 bridgehead atoms. The lowest BCUT2D eigenvalue weighted by molar-refractivity contribution is -0.0506. The van der Waals surface area contributed by atoms with Crippen LogP contribution in [-0.2, 0) is 4.74 Å². The molecule has 1 aliphatic carbocycles. The molecular weight excluding hydrogens is 566 g/mol. The van der Waals surface area contributed by atoms with Crippen LogP contribution in [0.4, 0.5) is 8.78 Å². The van der Waals surface area contributed by atoms with E-state index in [-0.39, 0.29) is 23.6 Å². The summed E-state index contributed by atoms with van der Waals surface area (Å²) in [7, 11) is 1.72. The summed E-state index contributed by atoms with van der Waals surface area (Å²) < 4.78 is 38.8. The minimum atomic E-state index is -3.02. The third-order valence-corrected chi connectivity index (χ3v) is 8.71. The van der Waals surface area contributed by atoms with E-state index in [1.807, 2.05) is 31.3 Å². The summed E-state index contributed by atoms with van der Waals surface area (Å²) in [5.74, 6) is -0.599. The summed E-state index contributed by atoms with van der Waals surface area (Å²) in [4.78, 5) is 19.5. The number of amides is 1. The number of hydrogen-bond donors (Lipinski definition) is 1. The summed E-state index contributed by atoms with van der Waals surface area (Å²) in [6.07, 6.45) is 9.69. The van der Waals surface area contributed by atoms with Crippen LogP contribution in [-0.4, -0.2) is 63.7 Å². The molecule has 44 heavy (non-hydrogen) atoms. The number of alkyl halides is 2. The first kappa shape index (κ1) is 31.3. The molecule has 3 aromatic rings. The molecule has 10 heteroatoms. The molecule has 1 N–H and O–H groups in total. The van der Waals surface area contributed by atoms with Gasteiger partial charge in [-0.2, -0.15) is 13.9 Å². The highest BCUT2D eigenvalue weighted by molar-refractivity contribution is 5.98. The first-order valence-electron chi connectivity index (χ1n) is 14.8. The second-order valence-corrected chi connectivity index (χ2v) is 11.2. The zero-order valence-corrected chi connectivity index (χ0v) is 25.3. The Bertz CT molecular complexity index is 1640. The molecular formula is C34H38F2N4O4. The Morgan fingerprint density at radius 1 is 1.27 bits per heavy atom. The number of nitrogens with zero attached hydrogens (tertiary/aromatic N) is 4. The lowest BCUT2D eigenvalue weighted by Crippen LogP contribution is -2.42. The number of fused-ring (bicyclic) bond motifs is 9. The monoisotopic (exact) mass is 604 g/mol. The maximum absolute atomic E-state index is 13.4. The number of halogens is 2. The van der Waals surface area contributed by atoms with Gasteiger partial charge in [0.2, 0.25) is 0 Å². The smallest absolute Gasteiger partial charge is 0.387 e. The van der Waals surface area contributed by atoms with Gasteiger partial charge in [-0.3, -0.25) is 9.79 Å². The second-order valence-electron chi connectivity index (χ2n) is 11.2. The van der Waals surface area contributed by atoms with Crippen molar-refractivity contribution in [2.45, 2.75) is 63.7 Å².